The molecule has 0 bridgehead atoms. The van der Waals surface area contributed by atoms with Crippen molar-refractivity contribution < 1.29 is 42.6 Å². The Labute approximate surface area is 286 Å². The minimum atomic E-state index is -2.28. The molecule has 11 nitrogen and oxygen atoms in total. The van der Waals surface area contributed by atoms with Gasteiger partial charge in [0.15, 0.2) is 0 Å². The standard InChI is InChI=1S/C35H46F2N4O7Si/c1-35(2,3)33(29-16-24(27-17-25(36)12-13-28(27)37)20-40(29)19-23-10-8-7-9-11-23)41(31(44)22-42)21-26(39-30(43)14-15-32(45)46)18-38-34(47)48-49(4,5)6/h7-13,16-17,20,26,33,42H,14-15,18-19,21-22H2,1-6H3,(H,38,47)(H,39,43)(H,45,46)/t26-,33-/m0/s1. The maximum absolute atomic E-state index is 15.1. The van der Waals surface area contributed by atoms with Crippen molar-refractivity contribution in [1.29, 1.82) is 0 Å². The number of amides is 3. The van der Waals surface area contributed by atoms with Gasteiger partial charge in [-0.3, -0.25) is 14.4 Å². The Morgan fingerprint density at radius 2 is 1.67 bits per heavy atom. The number of aliphatic hydroxyl groups excluding tert-OH is 1. The maximum atomic E-state index is 15.1. The molecular formula is C35H46F2N4O7Si. The third-order valence-electron chi connectivity index (χ3n) is 7.47. The number of hydrogen-bond donors (Lipinski definition) is 4. The summed E-state index contributed by atoms with van der Waals surface area (Å²) in [5, 5.41) is 24.6. The van der Waals surface area contributed by atoms with E-state index in [0.717, 1.165) is 23.8 Å². The van der Waals surface area contributed by atoms with Crippen molar-refractivity contribution in [2.45, 2.75) is 71.9 Å². The quantitative estimate of drug-likeness (QED) is 0.157. The molecule has 0 unspecified atom stereocenters. The molecule has 0 saturated carbocycles. The lowest BCUT2D eigenvalue weighted by Crippen LogP contribution is -2.54. The Morgan fingerprint density at radius 1 is 1.00 bits per heavy atom. The summed E-state index contributed by atoms with van der Waals surface area (Å²) in [5.74, 6) is -3.74. The van der Waals surface area contributed by atoms with Crippen molar-refractivity contribution >= 4 is 32.2 Å². The second-order valence-electron chi connectivity index (χ2n) is 13.9. The van der Waals surface area contributed by atoms with Crippen LogP contribution in [-0.4, -0.2) is 77.6 Å². The second-order valence-corrected chi connectivity index (χ2v) is 18.3. The van der Waals surface area contributed by atoms with Crippen LogP contribution in [0.3, 0.4) is 0 Å². The van der Waals surface area contributed by atoms with Gasteiger partial charge in [-0.1, -0.05) is 51.1 Å². The number of nitrogens with one attached hydrogen (secondary N) is 2. The van der Waals surface area contributed by atoms with Gasteiger partial charge in [-0.25, -0.2) is 13.6 Å². The molecule has 2 atom stereocenters. The number of carbonyl (C=O) groups is 4. The van der Waals surface area contributed by atoms with Crippen LogP contribution < -0.4 is 10.6 Å². The van der Waals surface area contributed by atoms with Crippen LogP contribution in [0.1, 0.15) is 50.9 Å². The van der Waals surface area contributed by atoms with Crippen molar-refractivity contribution in [2.75, 3.05) is 19.7 Å². The van der Waals surface area contributed by atoms with Crippen LogP contribution >= 0.6 is 0 Å². The van der Waals surface area contributed by atoms with E-state index in [-0.39, 0.29) is 25.1 Å². The highest BCUT2D eigenvalue weighted by Crippen LogP contribution is 2.41. The van der Waals surface area contributed by atoms with Crippen LogP contribution in [0.25, 0.3) is 11.1 Å². The van der Waals surface area contributed by atoms with E-state index < -0.39 is 74.4 Å². The van der Waals surface area contributed by atoms with Gasteiger partial charge in [-0.05, 0) is 54.9 Å². The largest absolute Gasteiger partial charge is 0.504 e. The molecule has 0 aliphatic carbocycles. The summed E-state index contributed by atoms with van der Waals surface area (Å²) in [7, 11) is -2.28. The molecule has 2 aromatic carbocycles. The molecule has 1 aromatic heterocycles. The number of nitrogens with zero attached hydrogens (tertiary/aromatic N) is 2. The van der Waals surface area contributed by atoms with E-state index in [1.165, 1.54) is 4.90 Å². The van der Waals surface area contributed by atoms with Crippen molar-refractivity contribution in [1.82, 2.24) is 20.1 Å². The Bertz CT molecular complexity index is 1620. The van der Waals surface area contributed by atoms with Crippen LogP contribution in [0, 0.1) is 17.0 Å². The van der Waals surface area contributed by atoms with Crippen molar-refractivity contribution in [2.24, 2.45) is 5.41 Å². The lowest BCUT2D eigenvalue weighted by atomic mass is 9.82. The van der Waals surface area contributed by atoms with Crippen molar-refractivity contribution in [3.8, 4) is 11.1 Å². The second kappa shape index (κ2) is 16.7. The van der Waals surface area contributed by atoms with E-state index in [2.05, 4.69) is 10.6 Å². The van der Waals surface area contributed by atoms with Crippen LogP contribution in [0.5, 0.6) is 0 Å². The van der Waals surface area contributed by atoms with Crippen molar-refractivity contribution in [3.05, 3.63) is 83.7 Å². The van der Waals surface area contributed by atoms with Gasteiger partial charge in [-0.2, -0.15) is 0 Å². The molecule has 1 heterocycles. The van der Waals surface area contributed by atoms with Gasteiger partial charge < -0.3 is 34.7 Å². The number of aliphatic hydroxyl groups is 1. The number of aromatic nitrogens is 1. The van der Waals surface area contributed by atoms with E-state index >= 15 is 4.39 Å². The molecule has 4 N–H and O–H groups in total. The Hall–Kier alpha value is -4.56. The molecule has 0 aliphatic heterocycles. The Morgan fingerprint density at radius 3 is 2.27 bits per heavy atom. The third-order valence-corrected chi connectivity index (χ3v) is 8.27. The van der Waals surface area contributed by atoms with Crippen LogP contribution in [-0.2, 0) is 25.4 Å². The van der Waals surface area contributed by atoms with E-state index in [4.69, 9.17) is 9.53 Å². The summed E-state index contributed by atoms with van der Waals surface area (Å²) in [6.07, 6.45) is 0.194. The molecule has 0 fully saturated rings. The van der Waals surface area contributed by atoms with E-state index in [1.807, 2.05) is 75.3 Å². The normalized spacial score (nSPS) is 12.9. The molecule has 14 heteroatoms. The summed E-state index contributed by atoms with van der Waals surface area (Å²) in [4.78, 5) is 51.6. The van der Waals surface area contributed by atoms with E-state index in [1.54, 1.807) is 12.3 Å². The Kier molecular flexibility index (Phi) is 13.3. The SMILES string of the molecule is CC(C)(C)[C@H](c1cc(-c2cc(F)ccc2F)cn1Cc1ccccc1)N(C[C@H](CNC(=O)O[Si](C)(C)C)NC(=O)CCC(=O)O)C(=O)CO. The van der Waals surface area contributed by atoms with E-state index in [0.29, 0.717) is 17.8 Å². The predicted octanol–water partition coefficient (Wildman–Crippen LogP) is 5.30. The number of carboxylic acids is 1. The average molecular weight is 701 g/mol. The molecule has 0 spiro atoms. The van der Waals surface area contributed by atoms with Crippen LogP contribution in [0.15, 0.2) is 60.8 Å². The van der Waals surface area contributed by atoms with E-state index in [9.17, 15) is 28.7 Å². The first kappa shape index (κ1) is 38.9. The molecule has 266 valence electrons. The van der Waals surface area contributed by atoms with Crippen LogP contribution in [0.4, 0.5) is 13.6 Å². The zero-order chi connectivity index (χ0) is 36.5. The number of rotatable bonds is 15. The number of halogens is 2. The summed E-state index contributed by atoms with van der Waals surface area (Å²) in [5.41, 5.74) is 1.08. The summed E-state index contributed by atoms with van der Waals surface area (Å²) < 4.78 is 36.7. The molecule has 3 rings (SSSR count). The fourth-order valence-electron chi connectivity index (χ4n) is 5.49. The highest BCUT2D eigenvalue weighted by molar-refractivity contribution is 6.71. The molecule has 49 heavy (non-hydrogen) atoms. The summed E-state index contributed by atoms with van der Waals surface area (Å²) >= 11 is 0. The highest BCUT2D eigenvalue weighted by atomic mass is 28.4. The topological polar surface area (TPSA) is 150 Å². The molecule has 0 saturated heterocycles. The molecule has 3 aromatic rings. The minimum Gasteiger partial charge on any atom is -0.504 e. The molecule has 0 aliphatic rings. The molecular weight excluding hydrogens is 654 g/mol. The van der Waals surface area contributed by atoms with Gasteiger partial charge in [-0.15, -0.1) is 0 Å². The third kappa shape index (κ3) is 11.8. The first-order valence-corrected chi connectivity index (χ1v) is 19.4. The van der Waals surface area contributed by atoms with Gasteiger partial charge in [0, 0.05) is 49.1 Å². The number of benzene rings is 2. The monoisotopic (exact) mass is 700 g/mol. The van der Waals surface area contributed by atoms with Crippen molar-refractivity contribution in [3.63, 3.8) is 0 Å². The number of carboxylic acid groups (broad SMARTS) is 1. The minimum absolute atomic E-state index is 0.0226. The summed E-state index contributed by atoms with van der Waals surface area (Å²) in [6.45, 7) is 10.1. The average Bonchev–Trinajstić information content (AvgIpc) is 3.40. The molecule has 0 radical (unpaired) electrons. The number of aliphatic carboxylic acids is 1. The number of carbonyl (C=O) groups excluding carboxylic acids is 3. The number of hydrogen-bond acceptors (Lipinski definition) is 6. The fraction of sp³-hybridized carbons (Fsp3) is 0.429. The fourth-order valence-corrected chi connectivity index (χ4v) is 6.12. The first-order valence-electron chi connectivity index (χ1n) is 16.0. The Balaban J connectivity index is 2.14. The van der Waals surface area contributed by atoms with Crippen LogP contribution in [0.2, 0.25) is 19.6 Å². The van der Waals surface area contributed by atoms with Gasteiger partial charge in [0.1, 0.15) is 18.2 Å². The molecule has 3 amide bonds. The van der Waals surface area contributed by atoms with Gasteiger partial charge >= 0.3 is 12.1 Å². The predicted molar refractivity (Wildman–Crippen MR) is 183 cm³/mol. The van der Waals surface area contributed by atoms with Gasteiger partial charge in [0.05, 0.1) is 18.5 Å². The highest BCUT2D eigenvalue weighted by Gasteiger charge is 2.38. The summed E-state index contributed by atoms with van der Waals surface area (Å²) in [6, 6.07) is 12.5. The van der Waals surface area contributed by atoms with Gasteiger partial charge in [0.2, 0.25) is 20.1 Å². The zero-order valence-electron chi connectivity index (χ0n) is 28.8. The maximum Gasteiger partial charge on any atom is 0.393 e. The zero-order valence-corrected chi connectivity index (χ0v) is 29.8. The smallest absolute Gasteiger partial charge is 0.393 e. The van der Waals surface area contributed by atoms with Gasteiger partial charge in [0.25, 0.3) is 0 Å². The lowest BCUT2D eigenvalue weighted by Gasteiger charge is -2.42. The lowest BCUT2D eigenvalue weighted by molar-refractivity contribution is -0.140. The first-order chi connectivity index (χ1) is 22.9.